The Labute approximate surface area is 69.2 Å². The van der Waals surface area contributed by atoms with Crippen molar-refractivity contribution in [2.45, 2.75) is 0 Å². The van der Waals surface area contributed by atoms with Crippen LogP contribution >= 0.6 is 0 Å². The molecule has 0 atom stereocenters. The van der Waals surface area contributed by atoms with Gasteiger partial charge in [0.2, 0.25) is 0 Å². The third-order valence-corrected chi connectivity index (χ3v) is 5.66. The molecule has 4 rings (SSSR count). The topological polar surface area (TPSA) is 0 Å². The SMILES string of the molecule is B12B3[B-]14B1B4[B-]231.[Y]. The number of hydrogen-bond acceptors (Lipinski definition) is 0. The van der Waals surface area contributed by atoms with Gasteiger partial charge in [0.15, 0.2) is 0 Å². The quantitative estimate of drug-likeness (QED) is 0.344. The third kappa shape index (κ3) is 0.0923. The van der Waals surface area contributed by atoms with Crippen molar-refractivity contribution in [3.63, 3.8) is 0 Å². The maximum Gasteiger partial charge on any atom is 0 e. The fraction of sp³-hybridized carbons (Fsp3) is 0. The zero-order chi connectivity index (χ0) is 3.31. The summed E-state index contributed by atoms with van der Waals surface area (Å²) in [4.78, 5) is 0. The average molecular weight is 154 g/mol. The van der Waals surface area contributed by atoms with E-state index in [1.807, 2.05) is 0 Å². The molecular weight excluding hydrogens is 154 g/mol. The summed E-state index contributed by atoms with van der Waals surface area (Å²) in [5.41, 5.74) is 1.33. The van der Waals surface area contributed by atoms with Crippen LogP contribution in [0.1, 0.15) is 0 Å². The standard InChI is InChI=1S/B6.Y/c1-2-5(1)3-4(5)6(1,2)3;/q-2;. The van der Waals surface area contributed by atoms with Crippen molar-refractivity contribution in [1.82, 2.24) is 0 Å². The molecule has 0 aromatic carbocycles. The summed E-state index contributed by atoms with van der Waals surface area (Å²) in [5.74, 6) is 0. The van der Waals surface area contributed by atoms with Gasteiger partial charge < -0.3 is 25.5 Å². The number of hydrogen-bond donors (Lipinski definition) is 0. The van der Waals surface area contributed by atoms with Crippen LogP contribution in [0.5, 0.6) is 0 Å². The van der Waals surface area contributed by atoms with E-state index in [1.54, 1.807) is 0 Å². The monoisotopic (exact) mass is 155 g/mol. The Morgan fingerprint density at radius 2 is 1.00 bits per heavy atom. The molecular formula is B6Y-2. The van der Waals surface area contributed by atoms with Crippen molar-refractivity contribution in [2.24, 2.45) is 0 Å². The first-order chi connectivity index (χ1) is 2.98. The van der Waals surface area contributed by atoms with Gasteiger partial charge in [-0.15, -0.1) is 0 Å². The van der Waals surface area contributed by atoms with Crippen LogP contribution in [0.15, 0.2) is 0 Å². The first-order valence-corrected chi connectivity index (χ1v) is 3.33. The molecule has 0 unspecified atom stereocenters. The van der Waals surface area contributed by atoms with Crippen molar-refractivity contribution >= 4 is 37.0 Å². The molecule has 4 aliphatic rings. The molecule has 0 bridgehead atoms. The van der Waals surface area contributed by atoms with Crippen LogP contribution in [0.25, 0.3) is 0 Å². The summed E-state index contributed by atoms with van der Waals surface area (Å²) in [5, 5.41) is 0. The van der Waals surface area contributed by atoms with Crippen LogP contribution in [0.4, 0.5) is 0 Å². The molecule has 0 aromatic rings. The van der Waals surface area contributed by atoms with Gasteiger partial charge in [0.05, 0.1) is 0 Å². The second-order valence-corrected chi connectivity index (χ2v) is 4.62. The molecule has 4 fully saturated rings. The molecule has 0 amide bonds. The second kappa shape index (κ2) is 0.486. The van der Waals surface area contributed by atoms with E-state index >= 15 is 0 Å². The van der Waals surface area contributed by atoms with Gasteiger partial charge in [-0.05, 0) is 0 Å². The minimum Gasteiger partial charge on any atom is -0.364 e. The predicted octanol–water partition coefficient (Wildman–Crippen LogP) is -2.29. The first kappa shape index (κ1) is 3.61. The van der Waals surface area contributed by atoms with Crippen LogP contribution in [-0.2, 0) is 32.7 Å². The van der Waals surface area contributed by atoms with Crippen molar-refractivity contribution in [1.29, 1.82) is 0 Å². The molecule has 7 heteroatoms. The van der Waals surface area contributed by atoms with Crippen LogP contribution in [0.3, 0.4) is 0 Å². The molecule has 7 heavy (non-hydrogen) atoms. The number of rotatable bonds is 0. The van der Waals surface area contributed by atoms with Crippen molar-refractivity contribution in [3.8, 4) is 0 Å². The van der Waals surface area contributed by atoms with Gasteiger partial charge in [-0.1, -0.05) is 0 Å². The Hall–Kier alpha value is 1.49. The van der Waals surface area contributed by atoms with E-state index in [0.717, 1.165) is 0 Å². The maximum atomic E-state index is 1.50. The van der Waals surface area contributed by atoms with Crippen molar-refractivity contribution in [2.75, 3.05) is 0 Å². The Morgan fingerprint density at radius 1 is 0.714 bits per heavy atom. The zero-order valence-corrected chi connectivity index (χ0v) is 6.88. The van der Waals surface area contributed by atoms with Gasteiger partial charge in [-0.2, -0.15) is 0 Å². The predicted molar refractivity (Wildman–Crippen MR) is 34.5 cm³/mol. The minimum absolute atomic E-state index is 0. The van der Waals surface area contributed by atoms with E-state index in [4.69, 9.17) is 0 Å². The van der Waals surface area contributed by atoms with Gasteiger partial charge in [0.1, 0.15) is 0 Å². The molecule has 4 heterocycles. The summed E-state index contributed by atoms with van der Waals surface area (Å²) in [6, 6.07) is 0. The number of fused-ring (bicyclic) bond motifs is 10. The first-order valence-electron chi connectivity index (χ1n) is 3.33. The average Bonchev–Trinajstić information content (AvgIpc) is 2.12. The summed E-state index contributed by atoms with van der Waals surface area (Å²) >= 11 is 0. The van der Waals surface area contributed by atoms with Crippen molar-refractivity contribution in [3.05, 3.63) is 0 Å². The normalized spacial score (nSPS) is 48.0. The van der Waals surface area contributed by atoms with Gasteiger partial charge >= 0.3 is 0 Å². The van der Waals surface area contributed by atoms with Gasteiger partial charge in [-0.3, -0.25) is 11.4 Å². The van der Waals surface area contributed by atoms with Gasteiger partial charge in [-0.25, -0.2) is 0 Å². The third-order valence-electron chi connectivity index (χ3n) is 5.66. The molecule has 2 spiro atoms. The van der Waals surface area contributed by atoms with Gasteiger partial charge in [0, 0.05) is 32.7 Å². The van der Waals surface area contributed by atoms with Crippen molar-refractivity contribution < 1.29 is 32.7 Å². The van der Waals surface area contributed by atoms with E-state index in [-0.39, 0.29) is 32.7 Å². The van der Waals surface area contributed by atoms with E-state index in [2.05, 4.69) is 0 Å². The van der Waals surface area contributed by atoms with Crippen LogP contribution in [0, 0.1) is 0 Å². The van der Waals surface area contributed by atoms with E-state index in [0.29, 0.717) is 11.4 Å². The van der Waals surface area contributed by atoms with Crippen LogP contribution in [0.2, 0.25) is 0 Å². The Kier molecular flexibility index (Phi) is 0.251. The van der Waals surface area contributed by atoms with Gasteiger partial charge in [0.25, 0.3) is 0 Å². The molecule has 4 saturated heterocycles. The summed E-state index contributed by atoms with van der Waals surface area (Å²) in [7, 11) is 0. The Morgan fingerprint density at radius 3 is 1.00 bits per heavy atom. The second-order valence-electron chi connectivity index (χ2n) is 4.62. The summed E-state index contributed by atoms with van der Waals surface area (Å²) in [6.07, 6.45) is 6.00. The molecule has 0 saturated carbocycles. The van der Waals surface area contributed by atoms with E-state index in [9.17, 15) is 0 Å². The smallest absolute Gasteiger partial charge is 0 e. The van der Waals surface area contributed by atoms with Crippen LogP contribution in [-0.4, -0.2) is 37.0 Å². The van der Waals surface area contributed by atoms with E-state index < -0.39 is 0 Å². The fourth-order valence-electron chi connectivity index (χ4n) is 5.80. The molecule has 23 valence electrons. The molecule has 4 aliphatic heterocycles. The Balaban J connectivity index is 0.000000200. The van der Waals surface area contributed by atoms with Crippen LogP contribution < -0.4 is 0 Å². The molecule has 0 N–H and O–H groups in total. The maximum absolute atomic E-state index is 1.50. The largest absolute Gasteiger partial charge is 0.364 e. The fourth-order valence-corrected chi connectivity index (χ4v) is 5.80. The summed E-state index contributed by atoms with van der Waals surface area (Å²) < 4.78 is 0. The molecule has 1 radical (unpaired) electrons. The Bertz CT molecular complexity index is 149. The van der Waals surface area contributed by atoms with E-state index in [1.165, 1.54) is 25.5 Å². The summed E-state index contributed by atoms with van der Waals surface area (Å²) in [6.45, 7) is 0. The zero-order valence-electron chi connectivity index (χ0n) is 4.04. The minimum atomic E-state index is 0. The molecule has 0 aliphatic carbocycles. The molecule has 0 aromatic heterocycles. The molecule has 0 nitrogen and oxygen atoms in total.